The van der Waals surface area contributed by atoms with Crippen LogP contribution in [0.15, 0.2) is 30.3 Å². The second-order valence-corrected chi connectivity index (χ2v) is 10.5. The molecule has 0 aliphatic rings. The highest BCUT2D eigenvalue weighted by Crippen LogP contribution is 2.07. The Morgan fingerprint density at radius 2 is 1.13 bits per heavy atom. The summed E-state index contributed by atoms with van der Waals surface area (Å²) in [5.74, 6) is 0.864. The molecule has 0 saturated heterocycles. The lowest BCUT2D eigenvalue weighted by molar-refractivity contribution is 0.00461. The van der Waals surface area contributed by atoms with Crippen molar-refractivity contribution in [2.45, 2.75) is 19.6 Å². The van der Waals surface area contributed by atoms with Gasteiger partial charge in [-0.15, -0.1) is 0 Å². The normalized spacial score (nSPS) is 11.6. The molecule has 0 heterocycles. The Hall–Kier alpha value is -0.923. The summed E-state index contributed by atoms with van der Waals surface area (Å²) in [7, 11) is -1.41. The zero-order valence-corrected chi connectivity index (χ0v) is 15.6. The van der Waals surface area contributed by atoms with Crippen molar-refractivity contribution in [1.82, 2.24) is 0 Å². The first-order chi connectivity index (χ1) is 11.1. The molecule has 0 fully saturated rings. The van der Waals surface area contributed by atoms with Crippen molar-refractivity contribution in [2.75, 3.05) is 52.9 Å². The highest BCUT2D eigenvalue weighted by atomic mass is 28.4. The second-order valence-electron chi connectivity index (χ2n) is 5.96. The molecular weight excluding hydrogens is 312 g/mol. The number of ether oxygens (including phenoxy) is 4. The number of benzene rings is 1. The largest absolute Gasteiger partial charge is 0.491 e. The van der Waals surface area contributed by atoms with E-state index in [-0.39, 0.29) is 0 Å². The van der Waals surface area contributed by atoms with Crippen LogP contribution in [-0.4, -0.2) is 61.2 Å². The zero-order chi connectivity index (χ0) is 16.8. The van der Waals surface area contributed by atoms with E-state index in [1.165, 1.54) is 0 Å². The molecule has 0 spiro atoms. The lowest BCUT2D eigenvalue weighted by Crippen LogP contribution is -2.27. The van der Waals surface area contributed by atoms with Crippen molar-refractivity contribution >= 4 is 8.32 Å². The molecule has 0 N–H and O–H groups in total. The first-order valence-electron chi connectivity index (χ1n) is 8.13. The molecule has 0 unspecified atom stereocenters. The Morgan fingerprint density at radius 1 is 0.652 bits per heavy atom. The highest BCUT2D eigenvalue weighted by Gasteiger charge is 2.12. The van der Waals surface area contributed by atoms with E-state index in [0.717, 1.165) is 5.75 Å². The van der Waals surface area contributed by atoms with Crippen LogP contribution in [0.25, 0.3) is 0 Å². The molecular formula is C17H30O5Si. The predicted octanol–water partition coefficient (Wildman–Crippen LogP) is 2.97. The number of para-hydroxylation sites is 1. The maximum Gasteiger partial charge on any atom is 0.183 e. The monoisotopic (exact) mass is 342 g/mol. The third-order valence-electron chi connectivity index (χ3n) is 2.75. The molecule has 1 rings (SSSR count). The average molecular weight is 343 g/mol. The summed E-state index contributed by atoms with van der Waals surface area (Å²) in [6.07, 6.45) is 0. The zero-order valence-electron chi connectivity index (χ0n) is 14.6. The Kier molecular flexibility index (Phi) is 10.9. The van der Waals surface area contributed by atoms with E-state index in [1.54, 1.807) is 0 Å². The van der Waals surface area contributed by atoms with Crippen molar-refractivity contribution < 1.29 is 23.4 Å². The quantitative estimate of drug-likeness (QED) is 0.384. The van der Waals surface area contributed by atoms with E-state index in [0.29, 0.717) is 52.9 Å². The van der Waals surface area contributed by atoms with Gasteiger partial charge in [0.25, 0.3) is 0 Å². The second kappa shape index (κ2) is 12.5. The van der Waals surface area contributed by atoms with Crippen molar-refractivity contribution in [2.24, 2.45) is 0 Å². The van der Waals surface area contributed by atoms with Gasteiger partial charge in [-0.05, 0) is 31.8 Å². The first-order valence-corrected chi connectivity index (χ1v) is 11.5. The molecule has 0 bridgehead atoms. The molecule has 0 amide bonds. The van der Waals surface area contributed by atoms with E-state index in [1.807, 2.05) is 30.3 Å². The molecule has 0 aliphatic carbocycles. The molecule has 0 atom stereocenters. The van der Waals surface area contributed by atoms with Crippen LogP contribution in [0, 0.1) is 0 Å². The van der Waals surface area contributed by atoms with Gasteiger partial charge >= 0.3 is 0 Å². The summed E-state index contributed by atoms with van der Waals surface area (Å²) in [6, 6.07) is 9.71. The summed E-state index contributed by atoms with van der Waals surface area (Å²) in [5.41, 5.74) is 0. The van der Waals surface area contributed by atoms with Gasteiger partial charge in [-0.2, -0.15) is 0 Å². The standard InChI is InChI=1S/C17H30O5Si/c1-23(2,3)22-16-14-20-12-10-18-9-11-19-13-15-21-17-7-5-4-6-8-17/h4-8H,9-16H2,1-3H3. The molecule has 0 saturated carbocycles. The number of rotatable bonds is 14. The minimum absolute atomic E-state index is 0.546. The van der Waals surface area contributed by atoms with Gasteiger partial charge in [-0.25, -0.2) is 0 Å². The van der Waals surface area contributed by atoms with E-state index in [9.17, 15) is 0 Å². The summed E-state index contributed by atoms with van der Waals surface area (Å²) < 4.78 is 27.5. The van der Waals surface area contributed by atoms with Crippen LogP contribution in [0.5, 0.6) is 5.75 Å². The Bertz CT molecular complexity index is 380. The average Bonchev–Trinajstić information content (AvgIpc) is 2.52. The molecule has 23 heavy (non-hydrogen) atoms. The molecule has 0 aromatic heterocycles. The number of hydrogen-bond acceptors (Lipinski definition) is 5. The molecule has 5 nitrogen and oxygen atoms in total. The molecule has 132 valence electrons. The predicted molar refractivity (Wildman–Crippen MR) is 93.7 cm³/mol. The smallest absolute Gasteiger partial charge is 0.183 e. The van der Waals surface area contributed by atoms with Crippen LogP contribution in [-0.2, 0) is 18.6 Å². The summed E-state index contributed by atoms with van der Waals surface area (Å²) in [5, 5.41) is 0. The first kappa shape index (κ1) is 20.1. The summed E-state index contributed by atoms with van der Waals surface area (Å²) in [4.78, 5) is 0. The van der Waals surface area contributed by atoms with E-state index in [2.05, 4.69) is 19.6 Å². The van der Waals surface area contributed by atoms with Gasteiger partial charge in [0.05, 0.1) is 46.2 Å². The molecule has 0 aliphatic heterocycles. The fraction of sp³-hybridized carbons (Fsp3) is 0.647. The lowest BCUT2D eigenvalue weighted by atomic mass is 10.3. The van der Waals surface area contributed by atoms with Crippen LogP contribution in [0.2, 0.25) is 19.6 Å². The third kappa shape index (κ3) is 13.2. The maximum atomic E-state index is 5.69. The summed E-state index contributed by atoms with van der Waals surface area (Å²) >= 11 is 0. The lowest BCUT2D eigenvalue weighted by Gasteiger charge is -2.16. The third-order valence-corrected chi connectivity index (χ3v) is 3.82. The van der Waals surface area contributed by atoms with Crippen molar-refractivity contribution in [3.63, 3.8) is 0 Å². The van der Waals surface area contributed by atoms with Gasteiger partial charge in [0, 0.05) is 0 Å². The van der Waals surface area contributed by atoms with E-state index < -0.39 is 8.32 Å². The van der Waals surface area contributed by atoms with Gasteiger partial charge < -0.3 is 23.4 Å². The van der Waals surface area contributed by atoms with Crippen LogP contribution in [0.3, 0.4) is 0 Å². The summed E-state index contributed by atoms with van der Waals surface area (Å²) in [6.45, 7) is 11.2. The van der Waals surface area contributed by atoms with Gasteiger partial charge in [0.15, 0.2) is 8.32 Å². The minimum Gasteiger partial charge on any atom is -0.491 e. The Morgan fingerprint density at radius 3 is 1.65 bits per heavy atom. The minimum atomic E-state index is -1.41. The van der Waals surface area contributed by atoms with Crippen LogP contribution in [0.4, 0.5) is 0 Å². The SMILES string of the molecule is C[Si](C)(C)OCCOCCOCCOCCOc1ccccc1. The van der Waals surface area contributed by atoms with E-state index >= 15 is 0 Å². The molecule has 0 radical (unpaired) electrons. The van der Waals surface area contributed by atoms with Crippen molar-refractivity contribution in [3.8, 4) is 5.75 Å². The van der Waals surface area contributed by atoms with Gasteiger partial charge in [0.2, 0.25) is 0 Å². The van der Waals surface area contributed by atoms with Crippen molar-refractivity contribution in [1.29, 1.82) is 0 Å². The van der Waals surface area contributed by atoms with Crippen LogP contribution in [0.1, 0.15) is 0 Å². The Balaban J connectivity index is 1.76. The topological polar surface area (TPSA) is 46.2 Å². The van der Waals surface area contributed by atoms with E-state index in [4.69, 9.17) is 23.4 Å². The fourth-order valence-electron chi connectivity index (χ4n) is 1.68. The highest BCUT2D eigenvalue weighted by molar-refractivity contribution is 6.69. The molecule has 1 aromatic carbocycles. The van der Waals surface area contributed by atoms with Crippen LogP contribution >= 0.6 is 0 Å². The molecule has 1 aromatic rings. The maximum absolute atomic E-state index is 5.69. The van der Waals surface area contributed by atoms with Crippen LogP contribution < -0.4 is 4.74 Å². The number of hydrogen-bond donors (Lipinski definition) is 0. The Labute approximate surface area is 141 Å². The van der Waals surface area contributed by atoms with Gasteiger partial charge in [0.1, 0.15) is 12.4 Å². The van der Waals surface area contributed by atoms with Gasteiger partial charge in [-0.1, -0.05) is 18.2 Å². The van der Waals surface area contributed by atoms with Gasteiger partial charge in [-0.3, -0.25) is 0 Å². The fourth-order valence-corrected chi connectivity index (χ4v) is 2.38. The van der Waals surface area contributed by atoms with Crippen molar-refractivity contribution in [3.05, 3.63) is 30.3 Å². The molecule has 6 heteroatoms.